The second-order valence-electron chi connectivity index (χ2n) is 19.2. The number of nitrogens with one attached hydrogen (secondary N) is 2. The van der Waals surface area contributed by atoms with E-state index < -0.39 is 58.3 Å². The van der Waals surface area contributed by atoms with Crippen molar-refractivity contribution in [1.82, 2.24) is 83.6 Å². The van der Waals surface area contributed by atoms with Crippen LogP contribution < -0.4 is 10.6 Å². The van der Waals surface area contributed by atoms with Crippen LogP contribution in [-0.2, 0) is 37.9 Å². The van der Waals surface area contributed by atoms with Crippen molar-refractivity contribution in [3.05, 3.63) is 136 Å². The molecule has 0 saturated heterocycles. The second-order valence-corrected chi connectivity index (χ2v) is 20.0. The number of aromatic nitrogens is 17. The molecule has 0 aliphatic carbocycles. The zero-order valence-electron chi connectivity index (χ0n) is 40.6. The summed E-state index contributed by atoms with van der Waals surface area (Å²) in [5, 5.41) is 36.4. The molecule has 0 bridgehead atoms. The number of fused-ring (bicyclic) bond motifs is 7. The predicted octanol–water partition coefficient (Wildman–Crippen LogP) is 9.33. The van der Waals surface area contributed by atoms with E-state index in [1.165, 1.54) is 44.7 Å². The van der Waals surface area contributed by atoms with Crippen molar-refractivity contribution < 1.29 is 26.3 Å². The summed E-state index contributed by atoms with van der Waals surface area (Å²) in [7, 11) is 0. The number of alkyl halides is 4. The highest BCUT2D eigenvalue weighted by molar-refractivity contribution is 7.13. The third kappa shape index (κ3) is 7.62. The van der Waals surface area contributed by atoms with E-state index in [4.69, 9.17) is 25.0 Å². The Balaban J connectivity index is 0.777. The topological polar surface area (TPSA) is 203 Å². The monoisotopic (exact) mass is 1050 g/mol. The van der Waals surface area contributed by atoms with E-state index in [-0.39, 0.29) is 23.6 Å². The summed E-state index contributed by atoms with van der Waals surface area (Å²) < 4.78 is 102. The van der Waals surface area contributed by atoms with Crippen LogP contribution in [-0.4, -0.2) is 89.6 Å². The van der Waals surface area contributed by atoms with Crippen molar-refractivity contribution in [2.75, 3.05) is 10.6 Å². The lowest BCUT2D eigenvalue weighted by atomic mass is 10.1. The predicted molar refractivity (Wildman–Crippen MR) is 265 cm³/mol. The molecule has 10 aromatic rings. The number of hydrogen-bond acceptors (Lipinski definition) is 15. The molecule has 3 atom stereocenters. The molecule has 3 aliphatic rings. The minimum Gasteiger partial charge on any atom is -0.350 e. The molecule has 0 radical (unpaired) electrons. The lowest BCUT2D eigenvalue weighted by molar-refractivity contribution is 0.0226. The van der Waals surface area contributed by atoms with Gasteiger partial charge in [-0.1, -0.05) is 35.6 Å². The van der Waals surface area contributed by atoms with E-state index in [1.54, 1.807) is 31.6 Å². The van der Waals surface area contributed by atoms with Crippen LogP contribution in [0, 0.1) is 25.5 Å². The molecule has 19 nitrogen and oxygen atoms in total. The molecule has 2 N–H and O–H groups in total. The Kier molecular flexibility index (Phi) is 10.8. The van der Waals surface area contributed by atoms with E-state index >= 15 is 17.6 Å². The van der Waals surface area contributed by atoms with Crippen molar-refractivity contribution in [3.8, 4) is 57.1 Å². The van der Waals surface area contributed by atoms with Gasteiger partial charge in [0.2, 0.25) is 34.5 Å². The highest BCUT2D eigenvalue weighted by Crippen LogP contribution is 2.45. The molecular formula is C50H41F6N19S. The summed E-state index contributed by atoms with van der Waals surface area (Å²) >= 11 is 1.26. The van der Waals surface area contributed by atoms with E-state index in [0.29, 0.717) is 89.0 Å². The van der Waals surface area contributed by atoms with E-state index in [9.17, 15) is 8.78 Å². The van der Waals surface area contributed by atoms with Crippen LogP contribution in [0.3, 0.4) is 0 Å². The Morgan fingerprint density at radius 3 is 1.84 bits per heavy atom. The molecule has 8 aromatic heterocycles. The maximum atomic E-state index is 16.0. The van der Waals surface area contributed by atoms with Crippen molar-refractivity contribution >= 4 is 28.4 Å². The van der Waals surface area contributed by atoms with Crippen LogP contribution in [0.2, 0.25) is 0 Å². The number of rotatable bonds is 11. The Morgan fingerprint density at radius 2 is 1.25 bits per heavy atom. The third-order valence-corrected chi connectivity index (χ3v) is 14.7. The molecule has 3 aliphatic heterocycles. The van der Waals surface area contributed by atoms with Crippen molar-refractivity contribution in [1.29, 1.82) is 0 Å². The quantitative estimate of drug-likeness (QED) is 0.116. The highest BCUT2D eigenvalue weighted by atomic mass is 32.1. The molecule has 0 fully saturated rings. The minimum atomic E-state index is -3.76. The lowest BCUT2D eigenvalue weighted by Crippen LogP contribution is -2.32. The first-order valence-electron chi connectivity index (χ1n) is 24.1. The van der Waals surface area contributed by atoms with Gasteiger partial charge in [-0.25, -0.2) is 38.4 Å². The maximum absolute atomic E-state index is 16.0. The van der Waals surface area contributed by atoms with E-state index in [1.807, 2.05) is 46.1 Å². The fourth-order valence-corrected chi connectivity index (χ4v) is 10.9. The summed E-state index contributed by atoms with van der Waals surface area (Å²) in [6.45, 7) is 8.37. The van der Waals surface area contributed by atoms with Crippen LogP contribution in [0.4, 0.5) is 43.4 Å². The van der Waals surface area contributed by atoms with Crippen LogP contribution in [0.25, 0.3) is 57.1 Å². The largest absolute Gasteiger partial charge is 0.350 e. The summed E-state index contributed by atoms with van der Waals surface area (Å²) in [5.74, 6) is -8.75. The highest BCUT2D eigenvalue weighted by Gasteiger charge is 2.46. The van der Waals surface area contributed by atoms with Crippen molar-refractivity contribution in [3.63, 3.8) is 0 Å². The van der Waals surface area contributed by atoms with Gasteiger partial charge < -0.3 is 14.5 Å². The summed E-state index contributed by atoms with van der Waals surface area (Å²) in [5.41, 5.74) is 5.49. The van der Waals surface area contributed by atoms with Gasteiger partial charge in [0.1, 0.15) is 28.7 Å². The van der Waals surface area contributed by atoms with E-state index in [0.717, 1.165) is 41.2 Å². The number of anilines is 3. The fraction of sp³-hybridized carbons (Fsp3) is 0.280. The molecular weight excluding hydrogens is 1010 g/mol. The smallest absolute Gasteiger partial charge is 0.334 e. The van der Waals surface area contributed by atoms with Crippen LogP contribution in [0.15, 0.2) is 84.8 Å². The van der Waals surface area contributed by atoms with Gasteiger partial charge in [0, 0.05) is 60.8 Å². The molecule has 0 saturated carbocycles. The molecule has 11 heterocycles. The Morgan fingerprint density at radius 1 is 0.671 bits per heavy atom. The molecule has 1 unspecified atom stereocenters. The van der Waals surface area contributed by atoms with Crippen molar-refractivity contribution in [2.24, 2.45) is 0 Å². The van der Waals surface area contributed by atoms with Gasteiger partial charge in [-0.3, -0.25) is 14.5 Å². The summed E-state index contributed by atoms with van der Waals surface area (Å²) in [4.78, 5) is 24.3. The van der Waals surface area contributed by atoms with Gasteiger partial charge in [0.15, 0.2) is 11.6 Å². The molecule has 0 amide bonds. The Labute approximate surface area is 430 Å². The molecule has 76 heavy (non-hydrogen) atoms. The first-order valence-corrected chi connectivity index (χ1v) is 25.0. The molecule has 384 valence electrons. The van der Waals surface area contributed by atoms with Gasteiger partial charge in [-0.05, 0) is 76.1 Å². The second kappa shape index (κ2) is 17.5. The van der Waals surface area contributed by atoms with Crippen LogP contribution in [0.5, 0.6) is 0 Å². The fourth-order valence-electron chi connectivity index (χ4n) is 10.5. The number of halogens is 6. The summed E-state index contributed by atoms with van der Waals surface area (Å²) in [6.07, 6.45) is 6.74. The SMILES string of the molecule is Cc1cnc(NC2CCc3nc(-c4nc(Nc5nncs5)nc(-c5cc6n(c5)C[C@H](C)n5c-6nnc5C(F)(F)c5ccccc5F)c4C)nn3C2)nc1-c1cc2n(c1)C[C@H](C)n1c-2nnc1C(F)(F)c1ccccc1F. The van der Waals surface area contributed by atoms with Gasteiger partial charge in [0.25, 0.3) is 0 Å². The zero-order valence-corrected chi connectivity index (χ0v) is 41.4. The summed E-state index contributed by atoms with van der Waals surface area (Å²) in [6, 6.07) is 12.0. The average Bonchev–Trinajstić information content (AvgIpc) is 4.41. The lowest BCUT2D eigenvalue weighted by Gasteiger charge is -2.27. The van der Waals surface area contributed by atoms with Gasteiger partial charge in [-0.15, -0.1) is 35.7 Å². The Hall–Kier alpha value is -8.68. The van der Waals surface area contributed by atoms with Gasteiger partial charge >= 0.3 is 11.8 Å². The Bertz CT molecular complexity index is 3910. The zero-order chi connectivity index (χ0) is 52.4. The minimum absolute atomic E-state index is 0.158. The molecule has 13 rings (SSSR count). The van der Waals surface area contributed by atoms with E-state index in [2.05, 4.69) is 46.2 Å². The number of hydrogen-bond donors (Lipinski definition) is 2. The number of aryl methyl sites for hydroxylation is 2. The number of benzene rings is 2. The molecule has 2 aromatic carbocycles. The first kappa shape index (κ1) is 47.1. The number of nitrogens with zero attached hydrogens (tertiary/aromatic N) is 17. The van der Waals surface area contributed by atoms with Crippen LogP contribution in [0.1, 0.15) is 72.1 Å². The average molecular weight is 1050 g/mol. The van der Waals surface area contributed by atoms with Crippen molar-refractivity contribution in [2.45, 2.75) is 90.1 Å². The normalized spacial score (nSPS) is 16.9. The first-order chi connectivity index (χ1) is 36.6. The third-order valence-electron chi connectivity index (χ3n) is 14.1. The molecule has 0 spiro atoms. The van der Waals surface area contributed by atoms with Gasteiger partial charge in [-0.2, -0.15) is 17.6 Å². The standard InChI is InChI=1S/C50H41F6N19S/c1-24-17-57-46(61-38(24)28-15-35-42-65-67-44(74(42)25(2)18-71(35)20-28)49(53,54)31-9-5-7-11-33(31)51)59-30-13-14-37-60-41(70-73(37)22-30)40-27(4)39(62-47(63-40)64-48-69-58-23-76-48)29-16-36-43-66-68-45(75(43)26(3)19-72(36)21-29)50(55,56)32-10-6-8-12-34(32)52/h5-12,15-17,20-21,23,25-26,30H,13-14,18-19,22H2,1-4H3,(H,57,59,61)(H,62,63,64,69)/t25-,26-,30?/m0/s1. The molecule has 26 heteroatoms. The maximum Gasteiger partial charge on any atom is 0.334 e. The van der Waals surface area contributed by atoms with Crippen LogP contribution >= 0.6 is 11.3 Å². The van der Waals surface area contributed by atoms with Gasteiger partial charge in [0.05, 0.1) is 52.5 Å².